The van der Waals surface area contributed by atoms with E-state index in [1.807, 2.05) is 19.9 Å². The summed E-state index contributed by atoms with van der Waals surface area (Å²) in [6.07, 6.45) is 1.79. The number of allylic oxidation sites excluding steroid dienone is 1. The smallest absolute Gasteiger partial charge is 0.336 e. The van der Waals surface area contributed by atoms with Crippen LogP contribution in [0.4, 0.5) is 5.69 Å². The molecule has 1 atom stereocenters. The van der Waals surface area contributed by atoms with Gasteiger partial charge in [-0.3, -0.25) is 0 Å². The number of aryl methyl sites for hydroxylation is 1. The third kappa shape index (κ3) is 3.79. The van der Waals surface area contributed by atoms with Crippen LogP contribution >= 0.6 is 0 Å². The fraction of sp³-hybridized carbons (Fsp3) is 0.333. The molecule has 0 saturated carbocycles. The average molecular weight is 446 g/mol. The van der Waals surface area contributed by atoms with Gasteiger partial charge in [0.2, 0.25) is 12.7 Å². The van der Waals surface area contributed by atoms with Gasteiger partial charge in [0.05, 0.1) is 47.4 Å². The predicted molar refractivity (Wildman–Crippen MR) is 117 cm³/mol. The molecule has 168 valence electrons. The van der Waals surface area contributed by atoms with Crippen molar-refractivity contribution in [3.8, 4) is 29.5 Å². The zero-order valence-electron chi connectivity index (χ0n) is 18.5. The van der Waals surface area contributed by atoms with Crippen LogP contribution in [0.5, 0.6) is 17.4 Å². The number of nitrogens with zero attached hydrogens (tertiary/aromatic N) is 3. The van der Waals surface area contributed by atoms with Crippen LogP contribution < -0.4 is 19.5 Å². The molecule has 2 aliphatic rings. The van der Waals surface area contributed by atoms with Crippen LogP contribution in [-0.2, 0) is 9.53 Å². The molecular weight excluding hydrogens is 424 g/mol. The lowest BCUT2D eigenvalue weighted by Crippen LogP contribution is -2.26. The molecule has 1 unspecified atom stereocenters. The molecule has 0 saturated heterocycles. The van der Waals surface area contributed by atoms with Crippen molar-refractivity contribution >= 4 is 11.7 Å². The molecule has 9 heteroatoms. The zero-order valence-corrected chi connectivity index (χ0v) is 18.5. The number of fused-ring (bicyclic) bond motifs is 2. The first-order valence-corrected chi connectivity index (χ1v) is 10.5. The molecule has 0 aliphatic carbocycles. The number of nitrogens with one attached hydrogen (secondary N) is 1. The van der Waals surface area contributed by atoms with Crippen LogP contribution in [0.25, 0.3) is 0 Å². The van der Waals surface area contributed by atoms with E-state index < -0.39 is 11.9 Å². The van der Waals surface area contributed by atoms with E-state index in [2.05, 4.69) is 16.4 Å². The van der Waals surface area contributed by atoms with Crippen LogP contribution in [0.1, 0.15) is 48.4 Å². The number of aromatic nitrogens is 1. The number of rotatable bonds is 6. The molecule has 4 rings (SSSR count). The minimum Gasteiger partial charge on any atom is -0.478 e. The summed E-state index contributed by atoms with van der Waals surface area (Å²) in [5.41, 5.74) is 4.23. The van der Waals surface area contributed by atoms with Crippen LogP contribution in [0, 0.1) is 29.6 Å². The topological polar surface area (TPSA) is 126 Å². The van der Waals surface area contributed by atoms with Crippen LogP contribution in [-0.4, -0.2) is 31.0 Å². The van der Waals surface area contributed by atoms with E-state index >= 15 is 0 Å². The summed E-state index contributed by atoms with van der Waals surface area (Å²) in [6, 6.07) is 7.47. The van der Waals surface area contributed by atoms with E-state index in [-0.39, 0.29) is 19.8 Å². The standard InChI is InChI=1S/C24H22N4O5/c1-4-30-23-19-18(16-7-6-15(10-26)21-22(16)33-12-32-21)17(24(29)31-9-5-8-25)14(3)28-20(19)13(2)11-27-23/h6-7,11,18,28H,4-5,9,12H2,1-3H3. The van der Waals surface area contributed by atoms with E-state index in [1.54, 1.807) is 25.3 Å². The molecule has 1 aromatic carbocycles. The maximum atomic E-state index is 13.2. The third-order valence-corrected chi connectivity index (χ3v) is 5.49. The zero-order chi connectivity index (χ0) is 23.5. The second-order valence-corrected chi connectivity index (χ2v) is 7.49. The minimum atomic E-state index is -0.659. The molecule has 1 N–H and O–H groups in total. The van der Waals surface area contributed by atoms with Gasteiger partial charge in [-0.25, -0.2) is 9.78 Å². The SMILES string of the molecule is CCOc1ncc(C)c2c1C(c1ccc(C#N)c3c1OCO3)C(C(=O)OCCC#N)=C(C)N2. The monoisotopic (exact) mass is 446 g/mol. The fourth-order valence-corrected chi connectivity index (χ4v) is 4.09. The highest BCUT2D eigenvalue weighted by Crippen LogP contribution is 2.52. The van der Waals surface area contributed by atoms with E-state index in [0.29, 0.717) is 51.9 Å². The first-order chi connectivity index (χ1) is 16.0. The number of hydrogen-bond acceptors (Lipinski definition) is 9. The van der Waals surface area contributed by atoms with Gasteiger partial charge in [-0.1, -0.05) is 6.07 Å². The van der Waals surface area contributed by atoms with Crippen LogP contribution in [0.2, 0.25) is 0 Å². The Kier molecular flexibility index (Phi) is 6.05. The van der Waals surface area contributed by atoms with Crippen molar-refractivity contribution in [2.24, 2.45) is 0 Å². The Morgan fingerprint density at radius 2 is 2.06 bits per heavy atom. The Hall–Kier alpha value is -4.24. The van der Waals surface area contributed by atoms with E-state index in [9.17, 15) is 10.1 Å². The normalized spacial score (nSPS) is 15.7. The van der Waals surface area contributed by atoms with Crippen molar-refractivity contribution in [2.75, 3.05) is 25.3 Å². The molecular formula is C24H22N4O5. The highest BCUT2D eigenvalue weighted by atomic mass is 16.7. The van der Waals surface area contributed by atoms with Crippen molar-refractivity contribution in [3.05, 3.63) is 51.9 Å². The summed E-state index contributed by atoms with van der Waals surface area (Å²) in [7, 11) is 0. The lowest BCUT2D eigenvalue weighted by molar-refractivity contribution is -0.139. The third-order valence-electron chi connectivity index (χ3n) is 5.49. The van der Waals surface area contributed by atoms with E-state index in [0.717, 1.165) is 11.3 Å². The number of nitriles is 2. The van der Waals surface area contributed by atoms with E-state index in [1.165, 1.54) is 0 Å². The molecule has 33 heavy (non-hydrogen) atoms. The molecule has 0 bridgehead atoms. The first kappa shape index (κ1) is 22.0. The molecule has 3 heterocycles. The number of carbonyl (C=O) groups is 1. The number of anilines is 1. The van der Waals surface area contributed by atoms with Crippen LogP contribution in [0.15, 0.2) is 29.6 Å². The van der Waals surface area contributed by atoms with Gasteiger partial charge in [-0.05, 0) is 32.4 Å². The summed E-state index contributed by atoms with van der Waals surface area (Å²) >= 11 is 0. The van der Waals surface area contributed by atoms with Crippen molar-refractivity contribution in [1.29, 1.82) is 10.5 Å². The number of benzene rings is 1. The largest absolute Gasteiger partial charge is 0.478 e. The Morgan fingerprint density at radius 1 is 1.27 bits per heavy atom. The molecule has 0 fully saturated rings. The van der Waals surface area contributed by atoms with Gasteiger partial charge in [-0.2, -0.15) is 10.5 Å². The van der Waals surface area contributed by atoms with Crippen molar-refractivity contribution in [2.45, 2.75) is 33.1 Å². The number of esters is 1. The lowest BCUT2D eigenvalue weighted by Gasteiger charge is -2.32. The van der Waals surface area contributed by atoms with E-state index in [4.69, 9.17) is 24.2 Å². The van der Waals surface area contributed by atoms with Gasteiger partial charge >= 0.3 is 5.97 Å². The summed E-state index contributed by atoms with van der Waals surface area (Å²) in [4.78, 5) is 17.7. The summed E-state index contributed by atoms with van der Waals surface area (Å²) in [5, 5.41) is 21.6. The molecule has 2 aliphatic heterocycles. The van der Waals surface area contributed by atoms with Crippen molar-refractivity contribution in [1.82, 2.24) is 4.98 Å². The number of pyridine rings is 1. The molecule has 1 aromatic heterocycles. The Morgan fingerprint density at radius 3 is 2.79 bits per heavy atom. The first-order valence-electron chi connectivity index (χ1n) is 10.5. The van der Waals surface area contributed by atoms with Crippen molar-refractivity contribution < 1.29 is 23.7 Å². The predicted octanol–water partition coefficient (Wildman–Crippen LogP) is 3.68. The summed E-state index contributed by atoms with van der Waals surface area (Å²) in [6.45, 7) is 5.88. The van der Waals surface area contributed by atoms with Gasteiger partial charge in [-0.15, -0.1) is 0 Å². The number of hydrogen-bond donors (Lipinski definition) is 1. The highest BCUT2D eigenvalue weighted by molar-refractivity contribution is 5.96. The summed E-state index contributed by atoms with van der Waals surface area (Å²) < 4.78 is 22.6. The van der Waals surface area contributed by atoms with Gasteiger partial charge in [0.15, 0.2) is 11.5 Å². The second-order valence-electron chi connectivity index (χ2n) is 7.49. The average Bonchev–Trinajstić information content (AvgIpc) is 3.30. The lowest BCUT2D eigenvalue weighted by atomic mass is 9.79. The van der Waals surface area contributed by atoms with Gasteiger partial charge < -0.3 is 24.3 Å². The quantitative estimate of drug-likeness (QED) is 0.522. The van der Waals surface area contributed by atoms with Crippen LogP contribution in [0.3, 0.4) is 0 Å². The number of carbonyl (C=O) groups excluding carboxylic acids is 1. The number of ether oxygens (including phenoxy) is 4. The Balaban J connectivity index is 1.96. The Bertz CT molecular complexity index is 1240. The Labute approximate surface area is 191 Å². The van der Waals surface area contributed by atoms with Gasteiger partial charge in [0.25, 0.3) is 0 Å². The highest BCUT2D eigenvalue weighted by Gasteiger charge is 2.40. The molecule has 0 radical (unpaired) electrons. The van der Waals surface area contributed by atoms with Gasteiger partial charge in [0.1, 0.15) is 12.7 Å². The maximum Gasteiger partial charge on any atom is 0.336 e. The molecule has 0 spiro atoms. The molecule has 2 aromatic rings. The summed E-state index contributed by atoms with van der Waals surface area (Å²) in [5.74, 6) is -0.114. The fourth-order valence-electron chi connectivity index (χ4n) is 4.09. The van der Waals surface area contributed by atoms with Crippen molar-refractivity contribution in [3.63, 3.8) is 0 Å². The molecule has 9 nitrogen and oxygen atoms in total. The minimum absolute atomic E-state index is 0.0266. The maximum absolute atomic E-state index is 13.2. The van der Waals surface area contributed by atoms with Gasteiger partial charge in [0, 0.05) is 17.5 Å². The second kappa shape index (κ2) is 9.09. The molecule has 0 amide bonds.